The lowest BCUT2D eigenvalue weighted by Gasteiger charge is -2.30. The number of halogens is 2. The average Bonchev–Trinajstić information content (AvgIpc) is 3.71. The quantitative estimate of drug-likeness (QED) is 0.123. The second-order valence-corrected chi connectivity index (χ2v) is 14.0. The lowest BCUT2D eigenvalue weighted by molar-refractivity contribution is 0.0158. The van der Waals surface area contributed by atoms with E-state index in [1.54, 1.807) is 12.7 Å². The molecule has 2 heterocycles. The van der Waals surface area contributed by atoms with E-state index in [-0.39, 0.29) is 13.1 Å². The molecule has 6 rings (SSSR count). The van der Waals surface area contributed by atoms with Crippen LogP contribution in [-0.4, -0.2) is 39.7 Å². The molecule has 0 spiro atoms. The van der Waals surface area contributed by atoms with Crippen molar-refractivity contribution in [3.05, 3.63) is 154 Å². The van der Waals surface area contributed by atoms with Crippen LogP contribution in [0.25, 0.3) is 0 Å². The van der Waals surface area contributed by atoms with Crippen LogP contribution in [0.2, 0.25) is 10.0 Å². The van der Waals surface area contributed by atoms with Gasteiger partial charge in [-0.3, -0.25) is 0 Å². The van der Waals surface area contributed by atoms with Crippen LogP contribution in [0.1, 0.15) is 22.3 Å². The molecule has 234 valence electrons. The Morgan fingerprint density at radius 3 is 1.28 bits per heavy atom. The standard InChI is InChI=1S/C34H30Cl2N6O2S2/c35-29-15-11-25(12-16-29)19-33(43,27-7-3-1-4-8-27)21-41-23-37-39-31(41)45-46-32-40-38-24-42(32)22-34(44,28-9-5-2-6-10-28)20-26-13-17-30(36)18-14-26/h1-18,23-24,43-44H,19-22H2. The molecule has 0 aliphatic carbocycles. The highest BCUT2D eigenvalue weighted by atomic mass is 35.5. The molecule has 4 aromatic carbocycles. The van der Waals surface area contributed by atoms with Gasteiger partial charge in [-0.2, -0.15) is 0 Å². The lowest BCUT2D eigenvalue weighted by Crippen LogP contribution is -2.34. The van der Waals surface area contributed by atoms with Crippen molar-refractivity contribution in [2.45, 2.75) is 47.4 Å². The van der Waals surface area contributed by atoms with Gasteiger partial charge in [0, 0.05) is 22.9 Å². The molecule has 2 atom stereocenters. The summed E-state index contributed by atoms with van der Waals surface area (Å²) in [6, 6.07) is 34.2. The van der Waals surface area contributed by atoms with Crippen LogP contribution in [0.4, 0.5) is 0 Å². The second kappa shape index (κ2) is 14.4. The number of benzene rings is 4. The van der Waals surface area contributed by atoms with Crippen molar-refractivity contribution in [3.63, 3.8) is 0 Å². The number of hydrogen-bond donors (Lipinski definition) is 2. The predicted molar refractivity (Wildman–Crippen MR) is 183 cm³/mol. The molecule has 12 heteroatoms. The molecule has 0 fully saturated rings. The zero-order valence-corrected chi connectivity index (χ0v) is 27.7. The van der Waals surface area contributed by atoms with E-state index < -0.39 is 11.2 Å². The fraction of sp³-hybridized carbons (Fsp3) is 0.176. The third-order valence-electron chi connectivity index (χ3n) is 7.66. The topological polar surface area (TPSA) is 102 Å². The van der Waals surface area contributed by atoms with Crippen molar-refractivity contribution in [2.75, 3.05) is 0 Å². The van der Waals surface area contributed by atoms with Crippen molar-refractivity contribution in [1.82, 2.24) is 29.5 Å². The van der Waals surface area contributed by atoms with Gasteiger partial charge in [-0.05, 0) is 68.1 Å². The molecular formula is C34H30Cl2N6O2S2. The van der Waals surface area contributed by atoms with E-state index >= 15 is 0 Å². The van der Waals surface area contributed by atoms with Gasteiger partial charge < -0.3 is 19.3 Å². The first-order valence-corrected chi connectivity index (χ1v) is 17.4. The van der Waals surface area contributed by atoms with Crippen LogP contribution < -0.4 is 0 Å². The van der Waals surface area contributed by atoms with Gasteiger partial charge in [0.2, 0.25) is 10.3 Å². The molecule has 8 nitrogen and oxygen atoms in total. The summed E-state index contributed by atoms with van der Waals surface area (Å²) in [5.74, 6) is 0. The maximum absolute atomic E-state index is 12.1. The highest BCUT2D eigenvalue weighted by molar-refractivity contribution is 8.76. The summed E-state index contributed by atoms with van der Waals surface area (Å²) in [4.78, 5) is 0. The number of aliphatic hydroxyl groups is 2. The Labute approximate surface area is 284 Å². The molecule has 0 amide bonds. The second-order valence-electron chi connectivity index (χ2n) is 11.1. The van der Waals surface area contributed by atoms with Crippen LogP contribution in [0.3, 0.4) is 0 Å². The Morgan fingerprint density at radius 2 is 0.913 bits per heavy atom. The Bertz CT molecular complexity index is 1720. The number of nitrogens with zero attached hydrogens (tertiary/aromatic N) is 6. The van der Waals surface area contributed by atoms with Crippen LogP contribution in [0.5, 0.6) is 0 Å². The third-order valence-corrected chi connectivity index (χ3v) is 10.3. The van der Waals surface area contributed by atoms with E-state index in [0.717, 1.165) is 22.3 Å². The molecule has 0 bridgehead atoms. The van der Waals surface area contributed by atoms with Crippen molar-refractivity contribution in [2.24, 2.45) is 0 Å². The number of aromatic nitrogens is 6. The minimum absolute atomic E-state index is 0.219. The fourth-order valence-electron chi connectivity index (χ4n) is 5.35. The van der Waals surface area contributed by atoms with Gasteiger partial charge in [0.15, 0.2) is 0 Å². The molecule has 2 unspecified atom stereocenters. The van der Waals surface area contributed by atoms with E-state index in [0.29, 0.717) is 33.2 Å². The van der Waals surface area contributed by atoms with Crippen molar-refractivity contribution in [1.29, 1.82) is 0 Å². The summed E-state index contributed by atoms with van der Waals surface area (Å²) < 4.78 is 3.67. The molecule has 2 aromatic heterocycles. The first-order valence-electron chi connectivity index (χ1n) is 14.4. The SMILES string of the molecule is OC(Cc1ccc(Cl)cc1)(Cn1cnnc1SSc1nncn1CC(O)(Cc1ccc(Cl)cc1)c1ccccc1)c1ccccc1. The Morgan fingerprint density at radius 1 is 0.543 bits per heavy atom. The molecule has 0 aliphatic rings. The summed E-state index contributed by atoms with van der Waals surface area (Å²) >= 11 is 12.2. The van der Waals surface area contributed by atoms with E-state index in [1.165, 1.54) is 21.6 Å². The Kier molecular flexibility index (Phi) is 10.1. The van der Waals surface area contributed by atoms with Gasteiger partial charge in [0.25, 0.3) is 0 Å². The molecule has 2 N–H and O–H groups in total. The highest BCUT2D eigenvalue weighted by Gasteiger charge is 2.33. The smallest absolute Gasteiger partial charge is 0.202 e. The van der Waals surface area contributed by atoms with E-state index in [9.17, 15) is 10.2 Å². The average molecular weight is 690 g/mol. The van der Waals surface area contributed by atoms with Crippen molar-refractivity contribution in [3.8, 4) is 0 Å². The molecule has 0 saturated heterocycles. The molecule has 46 heavy (non-hydrogen) atoms. The van der Waals surface area contributed by atoms with E-state index in [4.69, 9.17) is 23.2 Å². The fourth-order valence-corrected chi connectivity index (χ4v) is 7.55. The van der Waals surface area contributed by atoms with Gasteiger partial charge in [0.05, 0.1) is 13.1 Å². The van der Waals surface area contributed by atoms with Crippen molar-refractivity contribution >= 4 is 44.8 Å². The molecule has 0 aliphatic heterocycles. The monoisotopic (exact) mass is 688 g/mol. The summed E-state index contributed by atoms with van der Waals surface area (Å²) in [5, 5.41) is 43.6. The zero-order chi connectivity index (χ0) is 32.0. The van der Waals surface area contributed by atoms with E-state index in [1.807, 2.05) is 118 Å². The summed E-state index contributed by atoms with van der Waals surface area (Å²) in [6.07, 6.45) is 3.96. The maximum Gasteiger partial charge on any atom is 0.202 e. The van der Waals surface area contributed by atoms with E-state index in [2.05, 4.69) is 20.4 Å². The molecule has 0 saturated carbocycles. The zero-order valence-electron chi connectivity index (χ0n) is 24.5. The normalized spacial score (nSPS) is 14.1. The summed E-state index contributed by atoms with van der Waals surface area (Å²) in [6.45, 7) is 0.439. The first kappa shape index (κ1) is 32.3. The number of hydrogen-bond acceptors (Lipinski definition) is 8. The molecule has 6 aromatic rings. The van der Waals surface area contributed by atoms with Crippen LogP contribution in [-0.2, 0) is 37.1 Å². The van der Waals surface area contributed by atoms with Gasteiger partial charge in [-0.1, -0.05) is 108 Å². The van der Waals surface area contributed by atoms with Gasteiger partial charge in [0.1, 0.15) is 23.9 Å². The number of rotatable bonds is 13. The first-order chi connectivity index (χ1) is 22.3. The summed E-state index contributed by atoms with van der Waals surface area (Å²) in [5.41, 5.74) is 0.970. The Balaban J connectivity index is 1.21. The van der Waals surface area contributed by atoms with Gasteiger partial charge in [-0.15, -0.1) is 20.4 Å². The maximum atomic E-state index is 12.1. The Hall–Kier alpha value is -3.64. The van der Waals surface area contributed by atoms with Crippen LogP contribution >= 0.6 is 44.8 Å². The van der Waals surface area contributed by atoms with Crippen molar-refractivity contribution < 1.29 is 10.2 Å². The van der Waals surface area contributed by atoms with Crippen LogP contribution in [0, 0.1) is 0 Å². The summed E-state index contributed by atoms with van der Waals surface area (Å²) in [7, 11) is 2.71. The predicted octanol–water partition coefficient (Wildman–Crippen LogP) is 7.24. The third kappa shape index (κ3) is 7.83. The van der Waals surface area contributed by atoms with Crippen LogP contribution in [0.15, 0.2) is 132 Å². The highest BCUT2D eigenvalue weighted by Crippen LogP contribution is 2.38. The minimum atomic E-state index is -1.24. The minimum Gasteiger partial charge on any atom is -0.383 e. The lowest BCUT2D eigenvalue weighted by atomic mass is 9.87. The largest absolute Gasteiger partial charge is 0.383 e. The van der Waals surface area contributed by atoms with Gasteiger partial charge in [-0.25, -0.2) is 0 Å². The molecule has 0 radical (unpaired) electrons. The van der Waals surface area contributed by atoms with Gasteiger partial charge >= 0.3 is 0 Å². The molecular weight excluding hydrogens is 659 g/mol.